The summed E-state index contributed by atoms with van der Waals surface area (Å²) in [7, 11) is 1.72. The monoisotopic (exact) mass is 296 g/mol. The van der Waals surface area contributed by atoms with Gasteiger partial charge in [-0.15, -0.1) is 0 Å². The second-order valence-corrected chi connectivity index (χ2v) is 5.93. The first-order valence-corrected chi connectivity index (χ1v) is 7.44. The van der Waals surface area contributed by atoms with Crippen molar-refractivity contribution in [2.24, 2.45) is 0 Å². The zero-order valence-corrected chi connectivity index (χ0v) is 12.7. The van der Waals surface area contributed by atoms with E-state index in [1.165, 1.54) is 4.57 Å². The van der Waals surface area contributed by atoms with Crippen molar-refractivity contribution < 1.29 is 5.11 Å². The van der Waals surface area contributed by atoms with Crippen molar-refractivity contribution in [3.63, 3.8) is 0 Å². The Morgan fingerprint density at radius 3 is 2.57 bits per heavy atom. The minimum atomic E-state index is -0.778. The van der Waals surface area contributed by atoms with E-state index in [4.69, 9.17) is 5.73 Å². The molecule has 118 valence electrons. The summed E-state index contributed by atoms with van der Waals surface area (Å²) >= 11 is 0. The number of hydrogen-bond acceptors (Lipinski definition) is 5. The standard InChI is InChI=1S/C14H24N4O3/c1-3-8-18-11(15)10(12(19)16-13(18)20)17(2)9-14(21)6-4-5-7-14/h21H,3-9,15H2,1-2H3,(H,16,19,20). The molecule has 1 saturated carbocycles. The number of nitrogens with one attached hydrogen (secondary N) is 1. The van der Waals surface area contributed by atoms with Gasteiger partial charge in [-0.1, -0.05) is 19.8 Å². The fraction of sp³-hybridized carbons (Fsp3) is 0.714. The van der Waals surface area contributed by atoms with Crippen LogP contribution in [-0.4, -0.2) is 33.9 Å². The second-order valence-electron chi connectivity index (χ2n) is 5.93. The number of nitrogens with zero attached hydrogens (tertiary/aromatic N) is 2. The Labute approximate surface area is 123 Å². The molecule has 0 bridgehead atoms. The largest absolute Gasteiger partial charge is 0.388 e. The molecule has 1 aliphatic carbocycles. The number of nitrogens with two attached hydrogens (primary N) is 1. The Morgan fingerprint density at radius 1 is 1.38 bits per heavy atom. The summed E-state index contributed by atoms with van der Waals surface area (Å²) in [6.07, 6.45) is 4.17. The number of nitrogen functional groups attached to an aromatic ring is 1. The first-order chi connectivity index (χ1) is 9.88. The van der Waals surface area contributed by atoms with Gasteiger partial charge in [0.1, 0.15) is 11.5 Å². The number of hydrogen-bond donors (Lipinski definition) is 3. The predicted octanol–water partition coefficient (Wildman–Crippen LogP) is 0.270. The van der Waals surface area contributed by atoms with Crippen LogP contribution in [0.2, 0.25) is 0 Å². The zero-order valence-electron chi connectivity index (χ0n) is 12.7. The van der Waals surface area contributed by atoms with E-state index in [9.17, 15) is 14.7 Å². The molecule has 0 atom stereocenters. The van der Waals surface area contributed by atoms with Crippen LogP contribution < -0.4 is 21.9 Å². The third kappa shape index (κ3) is 3.12. The summed E-state index contributed by atoms with van der Waals surface area (Å²) < 4.78 is 1.37. The molecule has 1 aromatic heterocycles. The topological polar surface area (TPSA) is 104 Å². The maximum Gasteiger partial charge on any atom is 0.330 e. The van der Waals surface area contributed by atoms with E-state index >= 15 is 0 Å². The minimum absolute atomic E-state index is 0.162. The fourth-order valence-electron chi connectivity index (χ4n) is 3.10. The van der Waals surface area contributed by atoms with Crippen LogP contribution in [0.4, 0.5) is 11.5 Å². The quantitative estimate of drug-likeness (QED) is 0.723. The molecule has 7 heteroatoms. The number of H-pyrrole nitrogens is 1. The molecule has 0 amide bonds. The van der Waals surface area contributed by atoms with E-state index in [2.05, 4.69) is 4.98 Å². The predicted molar refractivity (Wildman–Crippen MR) is 82.7 cm³/mol. The summed E-state index contributed by atoms with van der Waals surface area (Å²) in [6, 6.07) is 0. The lowest BCUT2D eigenvalue weighted by Crippen LogP contribution is -2.43. The Hall–Kier alpha value is -1.76. The number of anilines is 2. The van der Waals surface area contributed by atoms with Crippen molar-refractivity contribution >= 4 is 11.5 Å². The number of aromatic amines is 1. The van der Waals surface area contributed by atoms with E-state index in [1.807, 2.05) is 6.92 Å². The van der Waals surface area contributed by atoms with E-state index in [0.717, 1.165) is 32.1 Å². The number of rotatable bonds is 5. The van der Waals surface area contributed by atoms with Crippen molar-refractivity contribution in [1.82, 2.24) is 9.55 Å². The van der Waals surface area contributed by atoms with Crippen LogP contribution in [0, 0.1) is 0 Å². The van der Waals surface area contributed by atoms with Gasteiger partial charge in [0.25, 0.3) is 5.56 Å². The second kappa shape index (κ2) is 5.93. The van der Waals surface area contributed by atoms with E-state index < -0.39 is 16.9 Å². The Bertz CT molecular complexity index is 614. The SMILES string of the molecule is CCCn1c(N)c(N(C)CC2(O)CCCC2)c(=O)[nH]c1=O. The molecule has 2 rings (SSSR count). The average Bonchev–Trinajstić information content (AvgIpc) is 2.80. The van der Waals surface area contributed by atoms with Crippen LogP contribution in [0.3, 0.4) is 0 Å². The first-order valence-electron chi connectivity index (χ1n) is 7.44. The molecule has 21 heavy (non-hydrogen) atoms. The maximum atomic E-state index is 12.1. The summed E-state index contributed by atoms with van der Waals surface area (Å²) in [6.45, 7) is 2.72. The van der Waals surface area contributed by atoms with E-state index in [-0.39, 0.29) is 11.5 Å². The number of likely N-dealkylation sites (N-methyl/N-ethyl adjacent to an activating group) is 1. The van der Waals surface area contributed by atoms with Gasteiger partial charge in [0.15, 0.2) is 0 Å². The molecule has 1 fully saturated rings. The summed E-state index contributed by atoms with van der Waals surface area (Å²) in [5.74, 6) is 0.162. The van der Waals surface area contributed by atoms with Crippen LogP contribution >= 0.6 is 0 Å². The van der Waals surface area contributed by atoms with Crippen LogP contribution in [0.15, 0.2) is 9.59 Å². The maximum absolute atomic E-state index is 12.1. The van der Waals surface area contributed by atoms with Gasteiger partial charge in [0.05, 0.1) is 5.60 Å². The Kier molecular flexibility index (Phi) is 4.41. The molecule has 0 aromatic carbocycles. The lowest BCUT2D eigenvalue weighted by Gasteiger charge is -2.30. The molecule has 7 nitrogen and oxygen atoms in total. The molecule has 1 heterocycles. The van der Waals surface area contributed by atoms with Crippen LogP contribution in [0.25, 0.3) is 0 Å². The average molecular weight is 296 g/mol. The lowest BCUT2D eigenvalue weighted by molar-refractivity contribution is 0.0559. The van der Waals surface area contributed by atoms with Crippen molar-refractivity contribution in [2.45, 2.75) is 51.2 Å². The van der Waals surface area contributed by atoms with Gasteiger partial charge >= 0.3 is 5.69 Å². The van der Waals surface area contributed by atoms with Gasteiger partial charge in [0, 0.05) is 20.1 Å². The summed E-state index contributed by atoms with van der Waals surface area (Å²) in [4.78, 5) is 27.8. The molecular weight excluding hydrogens is 272 g/mol. The summed E-state index contributed by atoms with van der Waals surface area (Å²) in [5.41, 5.74) is 4.49. The highest BCUT2D eigenvalue weighted by atomic mass is 16.3. The first kappa shape index (κ1) is 15.6. The molecule has 0 radical (unpaired) electrons. The van der Waals surface area contributed by atoms with Crippen LogP contribution in [0.5, 0.6) is 0 Å². The third-order valence-electron chi connectivity index (χ3n) is 4.11. The third-order valence-corrected chi connectivity index (χ3v) is 4.11. The molecular formula is C14H24N4O3. The van der Waals surface area contributed by atoms with Gasteiger partial charge in [-0.05, 0) is 19.3 Å². The lowest BCUT2D eigenvalue weighted by atomic mass is 10.0. The Morgan fingerprint density at radius 2 is 2.00 bits per heavy atom. The van der Waals surface area contributed by atoms with Gasteiger partial charge in [0.2, 0.25) is 0 Å². The minimum Gasteiger partial charge on any atom is -0.388 e. The normalized spacial score (nSPS) is 17.1. The molecule has 0 aliphatic heterocycles. The van der Waals surface area contributed by atoms with Crippen molar-refractivity contribution in [3.05, 3.63) is 20.8 Å². The van der Waals surface area contributed by atoms with Crippen LogP contribution in [-0.2, 0) is 6.54 Å². The van der Waals surface area contributed by atoms with Gasteiger partial charge in [-0.3, -0.25) is 14.3 Å². The van der Waals surface area contributed by atoms with Gasteiger partial charge < -0.3 is 15.7 Å². The van der Waals surface area contributed by atoms with Crippen molar-refractivity contribution in [2.75, 3.05) is 24.2 Å². The molecule has 0 saturated heterocycles. The summed E-state index contributed by atoms with van der Waals surface area (Å²) in [5, 5.41) is 10.5. The molecule has 4 N–H and O–H groups in total. The van der Waals surface area contributed by atoms with Crippen molar-refractivity contribution in [3.8, 4) is 0 Å². The molecule has 0 unspecified atom stereocenters. The number of aromatic nitrogens is 2. The highest BCUT2D eigenvalue weighted by molar-refractivity contribution is 5.62. The fourth-order valence-corrected chi connectivity index (χ4v) is 3.10. The Balaban J connectivity index is 2.36. The van der Waals surface area contributed by atoms with Gasteiger partial charge in [-0.2, -0.15) is 0 Å². The highest BCUT2D eigenvalue weighted by Crippen LogP contribution is 2.31. The van der Waals surface area contributed by atoms with E-state index in [0.29, 0.717) is 13.1 Å². The molecule has 0 spiro atoms. The molecule has 1 aromatic rings. The van der Waals surface area contributed by atoms with Crippen LogP contribution in [0.1, 0.15) is 39.0 Å². The highest BCUT2D eigenvalue weighted by Gasteiger charge is 2.33. The zero-order chi connectivity index (χ0) is 15.6. The van der Waals surface area contributed by atoms with E-state index in [1.54, 1.807) is 11.9 Å². The number of aliphatic hydroxyl groups is 1. The smallest absolute Gasteiger partial charge is 0.330 e. The van der Waals surface area contributed by atoms with Crippen molar-refractivity contribution in [1.29, 1.82) is 0 Å². The molecule has 1 aliphatic rings. The van der Waals surface area contributed by atoms with Gasteiger partial charge in [-0.25, -0.2) is 4.79 Å².